The average molecular weight is 397 g/mol. The molecule has 0 radical (unpaired) electrons. The second-order valence-electron chi connectivity index (χ2n) is 5.57. The Labute approximate surface area is 149 Å². The fraction of sp³-hybridized carbons (Fsp3) is 0.471. The molecule has 2 amide bonds. The van der Waals surface area contributed by atoms with Crippen molar-refractivity contribution in [2.24, 2.45) is 10.9 Å². The lowest BCUT2D eigenvalue weighted by Gasteiger charge is -2.30. The van der Waals surface area contributed by atoms with Crippen LogP contribution in [0.5, 0.6) is 5.75 Å². The third kappa shape index (κ3) is 4.14. The van der Waals surface area contributed by atoms with Gasteiger partial charge in [-0.15, -0.1) is 0 Å². The van der Waals surface area contributed by atoms with Gasteiger partial charge in [0.1, 0.15) is 11.7 Å². The minimum Gasteiger partial charge on any atom is -0.496 e. The Hall–Kier alpha value is -1.89. The van der Waals surface area contributed by atoms with Crippen LogP contribution in [0.15, 0.2) is 27.7 Å². The molecule has 2 unspecified atom stereocenters. The number of benzene rings is 1. The van der Waals surface area contributed by atoms with Crippen LogP contribution in [-0.2, 0) is 9.53 Å². The summed E-state index contributed by atoms with van der Waals surface area (Å²) < 4.78 is 11.6. The topological polar surface area (TPSA) is 77.0 Å². The van der Waals surface area contributed by atoms with Crippen LogP contribution in [-0.4, -0.2) is 31.4 Å². The van der Waals surface area contributed by atoms with Gasteiger partial charge in [0.05, 0.1) is 19.8 Å². The number of methoxy groups -OCH3 is 1. The molecule has 0 aromatic heterocycles. The van der Waals surface area contributed by atoms with E-state index in [1.807, 2.05) is 19.1 Å². The summed E-state index contributed by atoms with van der Waals surface area (Å²) in [6.45, 7) is 4.05. The number of carbonyl (C=O) groups is 2. The Bertz CT molecular complexity index is 660. The summed E-state index contributed by atoms with van der Waals surface area (Å²) >= 11 is 3.42. The van der Waals surface area contributed by atoms with Gasteiger partial charge in [0.15, 0.2) is 0 Å². The van der Waals surface area contributed by atoms with Crippen molar-refractivity contribution in [1.82, 2.24) is 5.32 Å². The lowest BCUT2D eigenvalue weighted by molar-refractivity contribution is -0.147. The lowest BCUT2D eigenvalue weighted by atomic mass is 9.88. The Kier molecular flexibility index (Phi) is 6.36. The van der Waals surface area contributed by atoms with Crippen molar-refractivity contribution in [3.63, 3.8) is 0 Å². The third-order valence-corrected chi connectivity index (χ3v) is 4.36. The number of unbranched alkanes of at least 4 members (excludes halogenated alkanes) is 1. The van der Waals surface area contributed by atoms with E-state index < -0.39 is 24.0 Å². The first-order chi connectivity index (χ1) is 11.5. The summed E-state index contributed by atoms with van der Waals surface area (Å²) in [6.07, 6.45) is 1.73. The Morgan fingerprint density at radius 1 is 1.42 bits per heavy atom. The number of urea groups is 1. The SMILES string of the molecule is CCCCOC(=O)C1C(C)=NC(=O)NC1c1cc(Br)ccc1OC. The van der Waals surface area contributed by atoms with Gasteiger partial charge < -0.3 is 14.8 Å². The van der Waals surface area contributed by atoms with Crippen molar-refractivity contribution in [3.8, 4) is 5.75 Å². The summed E-state index contributed by atoms with van der Waals surface area (Å²) in [6, 6.07) is 4.39. The van der Waals surface area contributed by atoms with Crippen molar-refractivity contribution in [2.45, 2.75) is 32.7 Å². The summed E-state index contributed by atoms with van der Waals surface area (Å²) in [5.74, 6) is -0.482. The summed E-state index contributed by atoms with van der Waals surface area (Å²) in [5, 5.41) is 2.76. The number of hydrogen-bond acceptors (Lipinski definition) is 4. The molecule has 2 rings (SSSR count). The van der Waals surface area contributed by atoms with Crippen molar-refractivity contribution >= 4 is 33.6 Å². The predicted octanol–water partition coefficient (Wildman–Crippen LogP) is 3.64. The summed E-state index contributed by atoms with van der Waals surface area (Å²) in [5.41, 5.74) is 1.14. The third-order valence-electron chi connectivity index (χ3n) is 3.86. The van der Waals surface area contributed by atoms with Gasteiger partial charge in [0, 0.05) is 15.7 Å². The van der Waals surface area contributed by atoms with E-state index in [-0.39, 0.29) is 0 Å². The molecule has 1 aromatic carbocycles. The van der Waals surface area contributed by atoms with E-state index in [0.717, 1.165) is 17.3 Å². The molecular weight excluding hydrogens is 376 g/mol. The van der Waals surface area contributed by atoms with Crippen LogP contribution in [0.2, 0.25) is 0 Å². The lowest BCUT2D eigenvalue weighted by Crippen LogP contribution is -2.44. The highest BCUT2D eigenvalue weighted by Gasteiger charge is 2.39. The van der Waals surface area contributed by atoms with Gasteiger partial charge in [-0.3, -0.25) is 4.79 Å². The zero-order valence-electron chi connectivity index (χ0n) is 14.0. The number of amides is 2. The number of aliphatic imine (C=N–C) groups is 1. The highest BCUT2D eigenvalue weighted by Crippen LogP contribution is 2.35. The number of nitrogens with zero attached hydrogens (tertiary/aromatic N) is 1. The second kappa shape index (κ2) is 8.28. The quantitative estimate of drug-likeness (QED) is 0.587. The number of hydrogen-bond donors (Lipinski definition) is 1. The van der Waals surface area contributed by atoms with E-state index in [1.165, 1.54) is 0 Å². The van der Waals surface area contributed by atoms with Crippen molar-refractivity contribution < 1.29 is 19.1 Å². The number of rotatable bonds is 6. The second-order valence-corrected chi connectivity index (χ2v) is 6.48. The van der Waals surface area contributed by atoms with Crippen LogP contribution in [0.3, 0.4) is 0 Å². The highest BCUT2D eigenvalue weighted by molar-refractivity contribution is 9.10. The first-order valence-electron chi connectivity index (χ1n) is 7.83. The van der Waals surface area contributed by atoms with E-state index in [9.17, 15) is 9.59 Å². The number of ether oxygens (including phenoxy) is 2. The van der Waals surface area contributed by atoms with Crippen LogP contribution < -0.4 is 10.1 Å². The van der Waals surface area contributed by atoms with Crippen molar-refractivity contribution in [2.75, 3.05) is 13.7 Å². The highest BCUT2D eigenvalue weighted by atomic mass is 79.9. The van der Waals surface area contributed by atoms with Gasteiger partial charge in [0.2, 0.25) is 0 Å². The number of esters is 1. The van der Waals surface area contributed by atoms with Gasteiger partial charge in [-0.05, 0) is 31.5 Å². The molecule has 24 heavy (non-hydrogen) atoms. The van der Waals surface area contributed by atoms with Gasteiger partial charge >= 0.3 is 12.0 Å². The van der Waals surface area contributed by atoms with Crippen LogP contribution in [0.4, 0.5) is 4.79 Å². The maximum Gasteiger partial charge on any atom is 0.341 e. The molecule has 0 aliphatic carbocycles. The minimum atomic E-state index is -0.678. The molecule has 1 aromatic rings. The first-order valence-corrected chi connectivity index (χ1v) is 8.63. The molecule has 2 atom stereocenters. The fourth-order valence-corrected chi connectivity index (χ4v) is 3.02. The van der Waals surface area contributed by atoms with Crippen LogP contribution in [0.1, 0.15) is 38.3 Å². The molecule has 6 nitrogen and oxygen atoms in total. The Morgan fingerprint density at radius 2 is 2.17 bits per heavy atom. The van der Waals surface area contributed by atoms with E-state index in [1.54, 1.807) is 20.1 Å². The zero-order valence-corrected chi connectivity index (χ0v) is 15.6. The van der Waals surface area contributed by atoms with Crippen molar-refractivity contribution in [3.05, 3.63) is 28.2 Å². The van der Waals surface area contributed by atoms with Gasteiger partial charge in [-0.1, -0.05) is 29.3 Å². The summed E-state index contributed by atoms with van der Waals surface area (Å²) in [7, 11) is 1.55. The maximum atomic E-state index is 12.6. The molecule has 130 valence electrons. The van der Waals surface area contributed by atoms with E-state index in [0.29, 0.717) is 23.6 Å². The summed E-state index contributed by atoms with van der Waals surface area (Å²) in [4.78, 5) is 28.3. The molecule has 1 aliphatic heterocycles. The number of carbonyl (C=O) groups excluding carboxylic acids is 2. The van der Waals surface area contributed by atoms with Crippen LogP contribution in [0, 0.1) is 5.92 Å². The van der Waals surface area contributed by atoms with E-state index in [4.69, 9.17) is 9.47 Å². The monoisotopic (exact) mass is 396 g/mol. The number of halogens is 1. The van der Waals surface area contributed by atoms with Gasteiger partial charge in [-0.25, -0.2) is 9.79 Å². The van der Waals surface area contributed by atoms with Gasteiger partial charge in [-0.2, -0.15) is 0 Å². The zero-order chi connectivity index (χ0) is 17.7. The van der Waals surface area contributed by atoms with Crippen LogP contribution >= 0.6 is 15.9 Å². The number of nitrogens with one attached hydrogen (secondary N) is 1. The molecule has 0 spiro atoms. The standard InChI is InChI=1S/C17H21BrN2O4/c1-4-5-8-24-16(21)14-10(2)19-17(22)20-15(14)12-9-11(18)6-7-13(12)23-3/h6-7,9,14-15H,4-5,8H2,1-3H3,(H,20,22). The largest absolute Gasteiger partial charge is 0.496 e. The van der Waals surface area contributed by atoms with Crippen LogP contribution in [0.25, 0.3) is 0 Å². The fourth-order valence-electron chi connectivity index (χ4n) is 2.64. The molecule has 1 N–H and O–H groups in total. The molecule has 0 saturated carbocycles. The first kappa shape index (κ1) is 18.4. The molecule has 1 heterocycles. The normalized spacial score (nSPS) is 20.2. The van der Waals surface area contributed by atoms with E-state index >= 15 is 0 Å². The molecule has 0 bridgehead atoms. The Balaban J connectivity index is 2.38. The smallest absolute Gasteiger partial charge is 0.341 e. The van der Waals surface area contributed by atoms with Gasteiger partial charge in [0.25, 0.3) is 0 Å². The minimum absolute atomic E-state index is 0.357. The van der Waals surface area contributed by atoms with E-state index in [2.05, 4.69) is 26.2 Å². The van der Waals surface area contributed by atoms with Crippen molar-refractivity contribution in [1.29, 1.82) is 0 Å². The molecule has 0 fully saturated rings. The maximum absolute atomic E-state index is 12.6. The molecule has 1 aliphatic rings. The molecule has 0 saturated heterocycles. The molecular formula is C17H21BrN2O4. The molecule has 7 heteroatoms. The predicted molar refractivity (Wildman–Crippen MR) is 94.4 cm³/mol. The Morgan fingerprint density at radius 3 is 2.83 bits per heavy atom. The average Bonchev–Trinajstić information content (AvgIpc) is 2.54.